The second kappa shape index (κ2) is 7.47. The summed E-state index contributed by atoms with van der Waals surface area (Å²) in [5, 5.41) is 0. The number of carbonyl (C=O) groups excluding carboxylic acids is 1. The zero-order valence-electron chi connectivity index (χ0n) is 14.0. The van der Waals surface area contributed by atoms with Crippen LogP contribution in [0.2, 0.25) is 0 Å². The minimum absolute atomic E-state index is 0.166. The average Bonchev–Trinajstić information content (AvgIpc) is 2.79. The lowest BCUT2D eigenvalue weighted by atomic mass is 9.91. The van der Waals surface area contributed by atoms with Gasteiger partial charge in [-0.05, 0) is 31.9 Å². The van der Waals surface area contributed by atoms with Crippen molar-refractivity contribution in [2.75, 3.05) is 5.75 Å². The predicted octanol–water partition coefficient (Wildman–Crippen LogP) is 3.75. The van der Waals surface area contributed by atoms with E-state index >= 15 is 0 Å². The van der Waals surface area contributed by atoms with Crippen molar-refractivity contribution in [1.29, 1.82) is 0 Å². The van der Waals surface area contributed by atoms with E-state index in [4.69, 9.17) is 4.74 Å². The molecule has 0 aromatic heterocycles. The second-order valence-electron chi connectivity index (χ2n) is 6.68. The highest BCUT2D eigenvalue weighted by Gasteiger charge is 2.44. The summed E-state index contributed by atoms with van der Waals surface area (Å²) >= 11 is 0. The number of ether oxygens (including phenoxy) is 1. The van der Waals surface area contributed by atoms with Crippen molar-refractivity contribution >= 4 is 15.8 Å². The van der Waals surface area contributed by atoms with Crippen LogP contribution in [0.3, 0.4) is 0 Å². The maximum absolute atomic E-state index is 12.4. The van der Waals surface area contributed by atoms with Crippen LogP contribution in [-0.2, 0) is 19.4 Å². The standard InChI is InChI=1S/C18H26O4S/c1-3-4-5-9-12-18(2)13-15(17(19)22-18)14-23(20,21)16-10-7-6-8-11-16/h6-8,10-11,15H,3-5,9,12-14H2,1-2H3. The minimum Gasteiger partial charge on any atom is -0.459 e. The van der Waals surface area contributed by atoms with Crippen molar-refractivity contribution in [3.8, 4) is 0 Å². The number of hydrogen-bond donors (Lipinski definition) is 0. The molecule has 2 rings (SSSR count). The molecule has 2 unspecified atom stereocenters. The van der Waals surface area contributed by atoms with Gasteiger partial charge in [0.25, 0.3) is 0 Å². The third kappa shape index (κ3) is 4.80. The molecule has 23 heavy (non-hydrogen) atoms. The van der Waals surface area contributed by atoms with Gasteiger partial charge in [0.1, 0.15) is 5.60 Å². The normalized spacial score (nSPS) is 24.6. The maximum Gasteiger partial charge on any atom is 0.310 e. The zero-order valence-corrected chi connectivity index (χ0v) is 14.8. The number of benzene rings is 1. The number of hydrogen-bond acceptors (Lipinski definition) is 4. The summed E-state index contributed by atoms with van der Waals surface area (Å²) in [7, 11) is -3.46. The van der Waals surface area contributed by atoms with Gasteiger partial charge in [0.2, 0.25) is 0 Å². The molecule has 0 spiro atoms. The fourth-order valence-electron chi connectivity index (χ4n) is 3.17. The van der Waals surface area contributed by atoms with Gasteiger partial charge in [-0.3, -0.25) is 4.79 Å². The van der Waals surface area contributed by atoms with E-state index in [9.17, 15) is 13.2 Å². The van der Waals surface area contributed by atoms with Crippen LogP contribution in [0.25, 0.3) is 0 Å². The quantitative estimate of drug-likeness (QED) is 0.535. The van der Waals surface area contributed by atoms with Gasteiger partial charge in [-0.25, -0.2) is 8.42 Å². The lowest BCUT2D eigenvalue weighted by Gasteiger charge is -2.22. The zero-order chi connectivity index (χ0) is 16.9. The molecule has 0 radical (unpaired) electrons. The molecule has 128 valence electrons. The van der Waals surface area contributed by atoms with E-state index in [1.165, 1.54) is 6.42 Å². The van der Waals surface area contributed by atoms with E-state index in [1.54, 1.807) is 30.3 Å². The molecule has 1 aliphatic heterocycles. The Morgan fingerprint density at radius 3 is 2.52 bits per heavy atom. The van der Waals surface area contributed by atoms with Crippen molar-refractivity contribution in [1.82, 2.24) is 0 Å². The number of esters is 1. The van der Waals surface area contributed by atoms with Crippen molar-refractivity contribution in [2.24, 2.45) is 5.92 Å². The van der Waals surface area contributed by atoms with Crippen molar-refractivity contribution in [3.05, 3.63) is 30.3 Å². The lowest BCUT2D eigenvalue weighted by Crippen LogP contribution is -2.24. The van der Waals surface area contributed by atoms with E-state index in [0.717, 1.165) is 25.7 Å². The number of sulfone groups is 1. The van der Waals surface area contributed by atoms with Crippen LogP contribution in [0.15, 0.2) is 35.2 Å². The number of rotatable bonds is 8. The van der Waals surface area contributed by atoms with Crippen LogP contribution in [0.4, 0.5) is 0 Å². The predicted molar refractivity (Wildman–Crippen MR) is 89.9 cm³/mol. The first-order valence-corrected chi connectivity index (χ1v) is 10.0. The molecule has 2 atom stereocenters. The first-order valence-electron chi connectivity index (χ1n) is 8.37. The minimum atomic E-state index is -3.46. The van der Waals surface area contributed by atoms with E-state index in [1.807, 2.05) is 6.92 Å². The summed E-state index contributed by atoms with van der Waals surface area (Å²) in [4.78, 5) is 12.4. The van der Waals surface area contributed by atoms with E-state index in [-0.39, 0.29) is 16.6 Å². The topological polar surface area (TPSA) is 60.4 Å². The van der Waals surface area contributed by atoms with Gasteiger partial charge in [0.15, 0.2) is 9.84 Å². The van der Waals surface area contributed by atoms with Gasteiger partial charge in [0.05, 0.1) is 16.6 Å². The van der Waals surface area contributed by atoms with Crippen LogP contribution in [0, 0.1) is 5.92 Å². The fourth-order valence-corrected chi connectivity index (χ4v) is 4.72. The van der Waals surface area contributed by atoms with E-state index in [0.29, 0.717) is 6.42 Å². The molecule has 1 saturated heterocycles. The van der Waals surface area contributed by atoms with Gasteiger partial charge >= 0.3 is 5.97 Å². The Balaban J connectivity index is 1.98. The van der Waals surface area contributed by atoms with Crippen LogP contribution < -0.4 is 0 Å². The maximum atomic E-state index is 12.4. The highest BCUT2D eigenvalue weighted by atomic mass is 32.2. The summed E-state index contributed by atoms with van der Waals surface area (Å²) in [6.45, 7) is 4.08. The number of cyclic esters (lactones) is 1. The van der Waals surface area contributed by atoms with Gasteiger partial charge in [0, 0.05) is 6.42 Å². The SMILES string of the molecule is CCCCCCC1(C)CC(CS(=O)(=O)c2ccccc2)C(=O)O1. The Morgan fingerprint density at radius 2 is 1.87 bits per heavy atom. The molecule has 0 saturated carbocycles. The largest absolute Gasteiger partial charge is 0.459 e. The van der Waals surface area contributed by atoms with Gasteiger partial charge < -0.3 is 4.74 Å². The Bertz CT molecular complexity index is 624. The summed E-state index contributed by atoms with van der Waals surface area (Å²) in [5.41, 5.74) is -0.512. The third-order valence-electron chi connectivity index (χ3n) is 4.44. The van der Waals surface area contributed by atoms with Crippen LogP contribution in [0.1, 0.15) is 52.4 Å². The molecule has 0 N–H and O–H groups in total. The lowest BCUT2D eigenvalue weighted by molar-refractivity contribution is -0.149. The van der Waals surface area contributed by atoms with E-state index in [2.05, 4.69) is 6.92 Å². The summed E-state index contributed by atoms with van der Waals surface area (Å²) in [6.07, 6.45) is 5.77. The van der Waals surface area contributed by atoms with Crippen molar-refractivity contribution < 1.29 is 17.9 Å². The van der Waals surface area contributed by atoms with Crippen LogP contribution in [-0.4, -0.2) is 25.7 Å². The molecule has 1 heterocycles. The summed E-state index contributed by atoms with van der Waals surface area (Å²) in [6, 6.07) is 8.30. The molecule has 1 fully saturated rings. The van der Waals surface area contributed by atoms with Crippen LogP contribution in [0.5, 0.6) is 0 Å². The molecule has 4 nitrogen and oxygen atoms in total. The summed E-state index contributed by atoms with van der Waals surface area (Å²) < 4.78 is 30.4. The molecule has 1 aromatic rings. The number of unbranched alkanes of at least 4 members (excludes halogenated alkanes) is 3. The monoisotopic (exact) mass is 338 g/mol. The molecule has 0 aliphatic carbocycles. The van der Waals surface area contributed by atoms with E-state index < -0.39 is 21.4 Å². The second-order valence-corrected chi connectivity index (χ2v) is 8.71. The first kappa shape index (κ1) is 18.0. The first-order chi connectivity index (χ1) is 10.9. The summed E-state index contributed by atoms with van der Waals surface area (Å²) in [5.74, 6) is -1.10. The van der Waals surface area contributed by atoms with Gasteiger partial charge in [-0.15, -0.1) is 0 Å². The van der Waals surface area contributed by atoms with Crippen molar-refractivity contribution in [2.45, 2.75) is 62.9 Å². The Labute approximate surface area is 139 Å². The van der Waals surface area contributed by atoms with Crippen molar-refractivity contribution in [3.63, 3.8) is 0 Å². The molecule has 0 amide bonds. The smallest absolute Gasteiger partial charge is 0.310 e. The Morgan fingerprint density at radius 1 is 1.17 bits per heavy atom. The molecule has 1 aromatic carbocycles. The molecular weight excluding hydrogens is 312 g/mol. The molecule has 1 aliphatic rings. The fraction of sp³-hybridized carbons (Fsp3) is 0.611. The molecule has 0 bridgehead atoms. The highest BCUT2D eigenvalue weighted by molar-refractivity contribution is 7.91. The van der Waals surface area contributed by atoms with Crippen LogP contribution >= 0.6 is 0 Å². The van der Waals surface area contributed by atoms with Gasteiger partial charge in [-0.2, -0.15) is 0 Å². The third-order valence-corrected chi connectivity index (χ3v) is 6.27. The molecular formula is C18H26O4S. The van der Waals surface area contributed by atoms with Gasteiger partial charge in [-0.1, -0.05) is 44.4 Å². The molecule has 5 heteroatoms. The highest BCUT2D eigenvalue weighted by Crippen LogP contribution is 2.36. The Kier molecular flexibility index (Phi) is 5.84. The number of carbonyl (C=O) groups is 1. The average molecular weight is 338 g/mol. The Hall–Kier alpha value is -1.36.